The summed E-state index contributed by atoms with van der Waals surface area (Å²) in [6, 6.07) is 1.82. The molecule has 2 heterocycles. The SMILES string of the molecule is [2H]C([2H])([2H])OCC(C)Nc1ncc2c(Br)cc([C@H]3CC[C@H](O)CC3)n2n1. The first-order valence-corrected chi connectivity index (χ1v) is 8.65. The van der Waals surface area contributed by atoms with E-state index < -0.39 is 7.04 Å². The van der Waals surface area contributed by atoms with E-state index >= 15 is 0 Å². The summed E-state index contributed by atoms with van der Waals surface area (Å²) in [5.74, 6) is 0.760. The fourth-order valence-electron chi connectivity index (χ4n) is 3.09. The number of aliphatic hydroxyl groups is 1. The number of methoxy groups -OCH3 is 1. The molecular formula is C16H23BrN4O2. The van der Waals surface area contributed by atoms with Gasteiger partial charge >= 0.3 is 0 Å². The van der Waals surface area contributed by atoms with E-state index in [1.807, 2.05) is 11.4 Å². The summed E-state index contributed by atoms with van der Waals surface area (Å²) in [5, 5.41) is 17.4. The van der Waals surface area contributed by atoms with E-state index in [0.29, 0.717) is 11.9 Å². The number of nitrogens with zero attached hydrogens (tertiary/aromatic N) is 3. The van der Waals surface area contributed by atoms with Crippen molar-refractivity contribution in [1.82, 2.24) is 14.6 Å². The van der Waals surface area contributed by atoms with Gasteiger partial charge in [0.25, 0.3) is 0 Å². The van der Waals surface area contributed by atoms with Crippen molar-refractivity contribution in [2.75, 3.05) is 19.0 Å². The number of rotatable bonds is 5. The Bertz CT molecular complexity index is 760. The van der Waals surface area contributed by atoms with Gasteiger partial charge in [0, 0.05) is 29.2 Å². The highest BCUT2D eigenvalue weighted by Crippen LogP contribution is 2.36. The molecule has 1 aliphatic rings. The Kier molecular flexibility index (Phi) is 4.09. The van der Waals surface area contributed by atoms with Gasteiger partial charge in [0.2, 0.25) is 5.95 Å². The van der Waals surface area contributed by atoms with Crippen molar-refractivity contribution in [1.29, 1.82) is 0 Å². The van der Waals surface area contributed by atoms with Gasteiger partial charge in [-0.25, -0.2) is 9.50 Å². The molecule has 1 saturated carbocycles. The molecular weight excluding hydrogens is 360 g/mol. The molecule has 3 rings (SSSR count). The first kappa shape index (κ1) is 13.1. The summed E-state index contributed by atoms with van der Waals surface area (Å²) in [6.07, 6.45) is 4.99. The third-order valence-electron chi connectivity index (χ3n) is 4.32. The van der Waals surface area contributed by atoms with E-state index in [4.69, 9.17) is 8.85 Å². The van der Waals surface area contributed by atoms with E-state index in [-0.39, 0.29) is 18.8 Å². The highest BCUT2D eigenvalue weighted by Gasteiger charge is 2.24. The maximum atomic E-state index is 9.74. The molecule has 1 fully saturated rings. The number of ether oxygens (including phenoxy) is 1. The number of aliphatic hydroxyl groups excluding tert-OH is 1. The van der Waals surface area contributed by atoms with Gasteiger partial charge in [-0.15, -0.1) is 5.10 Å². The van der Waals surface area contributed by atoms with E-state index in [1.165, 1.54) is 0 Å². The Labute approximate surface area is 148 Å². The molecule has 2 aromatic rings. The summed E-state index contributed by atoms with van der Waals surface area (Å²) in [6.45, 7) is 1.84. The molecule has 6 nitrogen and oxygen atoms in total. The predicted octanol–water partition coefficient (Wildman–Crippen LogP) is 2.96. The zero-order chi connectivity index (χ0) is 18.9. The molecule has 1 aliphatic carbocycles. The van der Waals surface area contributed by atoms with E-state index in [2.05, 4.69) is 37.4 Å². The zero-order valence-electron chi connectivity index (χ0n) is 16.0. The first-order chi connectivity index (χ1) is 12.2. The Morgan fingerprint density at radius 1 is 1.52 bits per heavy atom. The molecule has 23 heavy (non-hydrogen) atoms. The Morgan fingerprint density at radius 3 is 3.04 bits per heavy atom. The summed E-state index contributed by atoms with van der Waals surface area (Å²) in [7, 11) is -2.41. The fraction of sp³-hybridized carbons (Fsp3) is 0.625. The number of hydrogen-bond acceptors (Lipinski definition) is 5. The minimum absolute atomic E-state index is 0.0284. The van der Waals surface area contributed by atoms with Gasteiger partial charge < -0.3 is 15.2 Å². The van der Waals surface area contributed by atoms with Gasteiger partial charge in [0.1, 0.15) is 0 Å². The highest BCUT2D eigenvalue weighted by atomic mass is 79.9. The van der Waals surface area contributed by atoms with Crippen LogP contribution >= 0.6 is 15.9 Å². The zero-order valence-corrected chi connectivity index (χ0v) is 14.6. The van der Waals surface area contributed by atoms with Crippen LogP contribution in [0.5, 0.6) is 0 Å². The summed E-state index contributed by atoms with van der Waals surface area (Å²) >= 11 is 3.57. The van der Waals surface area contributed by atoms with Crippen molar-refractivity contribution in [2.24, 2.45) is 0 Å². The molecule has 1 atom stereocenters. The molecule has 0 bridgehead atoms. The number of nitrogens with one attached hydrogen (secondary N) is 1. The predicted molar refractivity (Wildman–Crippen MR) is 92.9 cm³/mol. The van der Waals surface area contributed by atoms with Crippen LogP contribution in [0.15, 0.2) is 16.7 Å². The molecule has 1 unspecified atom stereocenters. The monoisotopic (exact) mass is 385 g/mol. The van der Waals surface area contributed by atoms with Gasteiger partial charge in [-0.3, -0.25) is 0 Å². The third kappa shape index (κ3) is 3.67. The smallest absolute Gasteiger partial charge is 0.241 e. The summed E-state index contributed by atoms with van der Waals surface area (Å²) in [5.41, 5.74) is 1.97. The standard InChI is InChI=1S/C16H23BrN4O2/c1-10(9-23-2)19-16-18-8-15-13(17)7-14(21(15)20-16)11-3-5-12(22)6-4-11/h7-8,10-12,22H,3-6,9H2,1-2H3,(H,19,20)/t10?,11-,12-/i2D3. The third-order valence-corrected chi connectivity index (χ3v) is 4.95. The minimum Gasteiger partial charge on any atom is -0.393 e. The van der Waals surface area contributed by atoms with Crippen molar-refractivity contribution in [3.8, 4) is 0 Å². The van der Waals surface area contributed by atoms with Crippen LogP contribution in [0.1, 0.15) is 48.3 Å². The van der Waals surface area contributed by atoms with Crippen LogP contribution < -0.4 is 5.32 Å². The molecule has 0 aliphatic heterocycles. The van der Waals surface area contributed by atoms with Crippen LogP contribution in [0.4, 0.5) is 5.95 Å². The number of aromatic nitrogens is 3. The Hall–Kier alpha value is -1.18. The van der Waals surface area contributed by atoms with Gasteiger partial charge in [-0.1, -0.05) is 0 Å². The maximum Gasteiger partial charge on any atom is 0.241 e. The van der Waals surface area contributed by atoms with Crippen LogP contribution in [0, 0.1) is 0 Å². The molecule has 7 heteroatoms. The molecule has 0 radical (unpaired) electrons. The van der Waals surface area contributed by atoms with Crippen LogP contribution in [0.25, 0.3) is 5.52 Å². The number of fused-ring (bicyclic) bond motifs is 1. The number of hydrogen-bond donors (Lipinski definition) is 2. The molecule has 0 amide bonds. The lowest BCUT2D eigenvalue weighted by Gasteiger charge is -2.25. The molecule has 0 saturated heterocycles. The lowest BCUT2D eigenvalue weighted by Crippen LogP contribution is -2.23. The van der Waals surface area contributed by atoms with Crippen LogP contribution in [-0.2, 0) is 4.74 Å². The minimum atomic E-state index is -2.41. The van der Waals surface area contributed by atoms with Crippen molar-refractivity contribution in [3.05, 3.63) is 22.4 Å². The Morgan fingerprint density at radius 2 is 2.30 bits per heavy atom. The first-order valence-electron chi connectivity index (χ1n) is 9.35. The van der Waals surface area contributed by atoms with Crippen molar-refractivity contribution >= 4 is 27.4 Å². The average molecular weight is 386 g/mol. The average Bonchev–Trinajstić information content (AvgIpc) is 2.90. The van der Waals surface area contributed by atoms with E-state index in [0.717, 1.165) is 41.4 Å². The topological polar surface area (TPSA) is 71.7 Å². The van der Waals surface area contributed by atoms with Gasteiger partial charge in [0.05, 0.1) is 28.5 Å². The van der Waals surface area contributed by atoms with Gasteiger partial charge in [-0.2, -0.15) is 0 Å². The fourth-order valence-corrected chi connectivity index (χ4v) is 3.60. The maximum absolute atomic E-state index is 9.74. The molecule has 2 aromatic heterocycles. The molecule has 2 N–H and O–H groups in total. The van der Waals surface area contributed by atoms with Gasteiger partial charge in [-0.05, 0) is 54.6 Å². The lowest BCUT2D eigenvalue weighted by molar-refractivity contribution is 0.121. The lowest BCUT2D eigenvalue weighted by atomic mass is 9.85. The quantitative estimate of drug-likeness (QED) is 0.827. The number of halogens is 1. The summed E-state index contributed by atoms with van der Waals surface area (Å²) in [4.78, 5) is 4.31. The number of anilines is 1. The normalized spacial score (nSPS) is 25.6. The van der Waals surface area contributed by atoms with E-state index in [9.17, 15) is 5.11 Å². The van der Waals surface area contributed by atoms with Crippen LogP contribution in [0.2, 0.25) is 0 Å². The second kappa shape index (κ2) is 7.15. The largest absolute Gasteiger partial charge is 0.393 e. The second-order valence-electron chi connectivity index (χ2n) is 6.16. The molecule has 0 spiro atoms. The Balaban J connectivity index is 1.78. The summed E-state index contributed by atoms with van der Waals surface area (Å²) < 4.78 is 28.9. The molecule has 126 valence electrons. The highest BCUT2D eigenvalue weighted by molar-refractivity contribution is 9.10. The van der Waals surface area contributed by atoms with Crippen LogP contribution in [0.3, 0.4) is 0 Å². The van der Waals surface area contributed by atoms with E-state index in [1.54, 1.807) is 6.20 Å². The van der Waals surface area contributed by atoms with Crippen molar-refractivity contribution in [2.45, 2.75) is 50.7 Å². The van der Waals surface area contributed by atoms with Crippen LogP contribution in [-0.4, -0.2) is 45.5 Å². The molecule has 0 aromatic carbocycles. The van der Waals surface area contributed by atoms with Crippen molar-refractivity contribution < 1.29 is 14.0 Å². The van der Waals surface area contributed by atoms with Gasteiger partial charge in [0.15, 0.2) is 0 Å². The second-order valence-corrected chi connectivity index (χ2v) is 7.01. The van der Waals surface area contributed by atoms with Crippen molar-refractivity contribution in [3.63, 3.8) is 0 Å².